The highest BCUT2D eigenvalue weighted by molar-refractivity contribution is 5.78. The third kappa shape index (κ3) is 6.66. The van der Waals surface area contributed by atoms with Gasteiger partial charge >= 0.3 is 0 Å². The minimum absolute atomic E-state index is 0.184. The molecule has 0 unspecified atom stereocenters. The van der Waals surface area contributed by atoms with Crippen molar-refractivity contribution in [1.29, 1.82) is 0 Å². The first kappa shape index (κ1) is 22.0. The second-order valence-corrected chi connectivity index (χ2v) is 8.28. The molecule has 1 saturated heterocycles. The van der Waals surface area contributed by atoms with Crippen LogP contribution in [0.2, 0.25) is 0 Å². The van der Waals surface area contributed by atoms with Crippen molar-refractivity contribution < 1.29 is 9.53 Å². The predicted molar refractivity (Wildman–Crippen MR) is 126 cm³/mol. The number of hydrogen-bond donors (Lipinski definition) is 0. The van der Waals surface area contributed by atoms with Crippen LogP contribution in [-0.2, 0) is 24.2 Å². The molecule has 1 fully saturated rings. The maximum atomic E-state index is 12.6. The van der Waals surface area contributed by atoms with E-state index in [2.05, 4.69) is 52.3 Å². The van der Waals surface area contributed by atoms with Crippen LogP contribution >= 0.6 is 0 Å². The third-order valence-electron chi connectivity index (χ3n) is 5.83. The summed E-state index contributed by atoms with van der Waals surface area (Å²) in [6, 6.07) is 22.7. The molecule has 0 aliphatic carbocycles. The number of ether oxygens (including phenoxy) is 1. The Balaban J connectivity index is 1.19. The quantitative estimate of drug-likeness (QED) is 0.483. The number of aromatic nitrogens is 1. The molecule has 32 heavy (non-hydrogen) atoms. The van der Waals surface area contributed by atoms with Gasteiger partial charge in [-0.1, -0.05) is 48.5 Å². The number of carbonyl (C=O) groups is 1. The smallest absolute Gasteiger partial charge is 0.227 e. The van der Waals surface area contributed by atoms with E-state index in [0.717, 1.165) is 63.5 Å². The van der Waals surface area contributed by atoms with Gasteiger partial charge in [0, 0.05) is 45.1 Å². The molecule has 1 aliphatic heterocycles. The molecule has 0 saturated carbocycles. The van der Waals surface area contributed by atoms with Gasteiger partial charge < -0.3 is 9.64 Å². The third-order valence-corrected chi connectivity index (χ3v) is 5.83. The number of pyridine rings is 1. The largest absolute Gasteiger partial charge is 0.494 e. The van der Waals surface area contributed by atoms with Crippen molar-refractivity contribution in [3.8, 4) is 5.75 Å². The minimum atomic E-state index is 0.184. The summed E-state index contributed by atoms with van der Waals surface area (Å²) in [5.74, 6) is 1.12. The molecule has 4 rings (SSSR count). The summed E-state index contributed by atoms with van der Waals surface area (Å²) in [6.45, 7) is 4.92. The zero-order chi connectivity index (χ0) is 22.0. The van der Waals surface area contributed by atoms with Crippen LogP contribution in [0.25, 0.3) is 0 Å². The highest BCUT2D eigenvalue weighted by Crippen LogP contribution is 2.17. The van der Waals surface area contributed by atoms with Gasteiger partial charge in [-0.25, -0.2) is 0 Å². The topological polar surface area (TPSA) is 45.7 Å². The van der Waals surface area contributed by atoms with E-state index in [-0.39, 0.29) is 5.91 Å². The maximum absolute atomic E-state index is 12.6. The van der Waals surface area contributed by atoms with Crippen molar-refractivity contribution >= 4 is 5.91 Å². The van der Waals surface area contributed by atoms with E-state index in [1.807, 2.05) is 29.2 Å². The van der Waals surface area contributed by atoms with Crippen LogP contribution in [0.5, 0.6) is 5.75 Å². The SMILES string of the molecule is O=C(Cc1cccnc1)N1CCN(Cc2cccc(OCCCc3ccccc3)c2)CC1. The molecule has 3 aromatic rings. The lowest BCUT2D eigenvalue weighted by Crippen LogP contribution is -2.48. The maximum Gasteiger partial charge on any atom is 0.227 e. The van der Waals surface area contributed by atoms with E-state index < -0.39 is 0 Å². The first-order valence-electron chi connectivity index (χ1n) is 11.4. The van der Waals surface area contributed by atoms with Crippen molar-refractivity contribution in [2.75, 3.05) is 32.8 Å². The Morgan fingerprint density at radius 1 is 0.875 bits per heavy atom. The van der Waals surface area contributed by atoms with Crippen molar-refractivity contribution in [1.82, 2.24) is 14.8 Å². The number of amides is 1. The van der Waals surface area contributed by atoms with Crippen LogP contribution in [0.1, 0.15) is 23.1 Å². The minimum Gasteiger partial charge on any atom is -0.494 e. The van der Waals surface area contributed by atoms with Gasteiger partial charge in [0.25, 0.3) is 0 Å². The van der Waals surface area contributed by atoms with E-state index >= 15 is 0 Å². The summed E-state index contributed by atoms with van der Waals surface area (Å²) < 4.78 is 5.99. The van der Waals surface area contributed by atoms with E-state index in [4.69, 9.17) is 4.74 Å². The number of piperazine rings is 1. The zero-order valence-electron chi connectivity index (χ0n) is 18.5. The molecule has 2 heterocycles. The normalized spacial score (nSPS) is 14.3. The van der Waals surface area contributed by atoms with Gasteiger partial charge in [-0.3, -0.25) is 14.7 Å². The predicted octanol–water partition coefficient (Wildman–Crippen LogP) is 3.98. The fraction of sp³-hybridized carbons (Fsp3) is 0.333. The number of rotatable bonds is 9. The van der Waals surface area contributed by atoms with Gasteiger partial charge in [-0.05, 0) is 47.7 Å². The Kier molecular flexibility index (Phi) is 7.88. The average Bonchev–Trinajstić information content (AvgIpc) is 2.84. The number of aryl methyl sites for hydroxylation is 1. The molecule has 0 bridgehead atoms. The van der Waals surface area contributed by atoms with Gasteiger partial charge in [-0.2, -0.15) is 0 Å². The molecule has 1 aromatic heterocycles. The molecule has 1 amide bonds. The molecule has 5 heteroatoms. The van der Waals surface area contributed by atoms with Crippen LogP contribution in [-0.4, -0.2) is 53.5 Å². The number of hydrogen-bond acceptors (Lipinski definition) is 4. The van der Waals surface area contributed by atoms with Crippen LogP contribution in [0.15, 0.2) is 79.1 Å². The Morgan fingerprint density at radius 2 is 1.66 bits per heavy atom. The summed E-state index contributed by atoms with van der Waals surface area (Å²) in [5.41, 5.74) is 3.57. The lowest BCUT2D eigenvalue weighted by atomic mass is 10.1. The van der Waals surface area contributed by atoms with Crippen LogP contribution < -0.4 is 4.74 Å². The standard InChI is InChI=1S/C27H31N3O2/c31-27(20-24-10-5-13-28-21-24)30-16-14-29(15-17-30)22-25-9-4-12-26(19-25)32-18-6-11-23-7-2-1-3-8-23/h1-5,7-10,12-13,19,21H,6,11,14-18,20,22H2. The van der Waals surface area contributed by atoms with Gasteiger partial charge in [0.15, 0.2) is 0 Å². The fourth-order valence-corrected chi connectivity index (χ4v) is 4.05. The van der Waals surface area contributed by atoms with Crippen LogP contribution in [0, 0.1) is 0 Å². The summed E-state index contributed by atoms with van der Waals surface area (Å²) in [7, 11) is 0. The van der Waals surface area contributed by atoms with Gasteiger partial charge in [0.1, 0.15) is 5.75 Å². The first-order valence-corrected chi connectivity index (χ1v) is 11.4. The Labute approximate surface area is 190 Å². The molecule has 0 atom stereocenters. The highest BCUT2D eigenvalue weighted by Gasteiger charge is 2.21. The zero-order valence-corrected chi connectivity index (χ0v) is 18.5. The summed E-state index contributed by atoms with van der Waals surface area (Å²) >= 11 is 0. The van der Waals surface area contributed by atoms with Crippen molar-refractivity contribution in [2.45, 2.75) is 25.8 Å². The monoisotopic (exact) mass is 429 g/mol. The lowest BCUT2D eigenvalue weighted by Gasteiger charge is -2.34. The molecular formula is C27H31N3O2. The van der Waals surface area contributed by atoms with Crippen LogP contribution in [0.3, 0.4) is 0 Å². The van der Waals surface area contributed by atoms with Crippen molar-refractivity contribution in [3.63, 3.8) is 0 Å². The summed E-state index contributed by atoms with van der Waals surface area (Å²) in [5, 5.41) is 0. The fourth-order valence-electron chi connectivity index (χ4n) is 4.05. The summed E-state index contributed by atoms with van der Waals surface area (Å²) in [4.78, 5) is 21.0. The molecule has 166 valence electrons. The Morgan fingerprint density at radius 3 is 2.44 bits per heavy atom. The molecule has 5 nitrogen and oxygen atoms in total. The van der Waals surface area contributed by atoms with E-state index in [1.54, 1.807) is 12.4 Å². The molecule has 0 N–H and O–H groups in total. The average molecular weight is 430 g/mol. The Bertz CT molecular complexity index is 970. The van der Waals surface area contributed by atoms with E-state index in [9.17, 15) is 4.79 Å². The van der Waals surface area contributed by atoms with Crippen molar-refractivity contribution in [2.24, 2.45) is 0 Å². The molecule has 1 aliphatic rings. The first-order chi connectivity index (χ1) is 15.8. The number of nitrogens with zero attached hydrogens (tertiary/aromatic N) is 3. The van der Waals surface area contributed by atoms with E-state index in [0.29, 0.717) is 6.42 Å². The van der Waals surface area contributed by atoms with Gasteiger partial charge in [0.2, 0.25) is 5.91 Å². The van der Waals surface area contributed by atoms with E-state index in [1.165, 1.54) is 11.1 Å². The number of carbonyl (C=O) groups excluding carboxylic acids is 1. The van der Waals surface area contributed by atoms with Crippen LogP contribution in [0.4, 0.5) is 0 Å². The molecule has 0 radical (unpaired) electrons. The van der Waals surface area contributed by atoms with Gasteiger partial charge in [-0.15, -0.1) is 0 Å². The number of benzene rings is 2. The van der Waals surface area contributed by atoms with Gasteiger partial charge in [0.05, 0.1) is 13.0 Å². The molecule has 0 spiro atoms. The summed E-state index contributed by atoms with van der Waals surface area (Å²) in [6.07, 6.45) is 5.97. The molecular weight excluding hydrogens is 398 g/mol. The Hall–Kier alpha value is -3.18. The highest BCUT2D eigenvalue weighted by atomic mass is 16.5. The lowest BCUT2D eigenvalue weighted by molar-refractivity contribution is -0.132. The second-order valence-electron chi connectivity index (χ2n) is 8.28. The molecule has 2 aromatic carbocycles. The second kappa shape index (κ2) is 11.4. The van der Waals surface area contributed by atoms with Crippen molar-refractivity contribution in [3.05, 3.63) is 95.8 Å².